The number of amides is 1. The van der Waals surface area contributed by atoms with Crippen molar-refractivity contribution in [1.29, 1.82) is 0 Å². The van der Waals surface area contributed by atoms with Crippen molar-refractivity contribution in [3.8, 4) is 5.75 Å². The van der Waals surface area contributed by atoms with Crippen LogP contribution in [0.25, 0.3) is 0 Å². The Morgan fingerprint density at radius 1 is 1.26 bits per heavy atom. The lowest BCUT2D eigenvalue weighted by molar-refractivity contribution is -0.139. The molecule has 0 spiro atoms. The molecule has 1 aromatic rings. The smallest absolute Gasteiger partial charge is 0.410 e. The number of benzene rings is 1. The van der Waals surface area contributed by atoms with Gasteiger partial charge < -0.3 is 19.5 Å². The molecule has 23 heavy (non-hydrogen) atoms. The van der Waals surface area contributed by atoms with Crippen LogP contribution < -0.4 is 4.74 Å². The molecule has 1 aliphatic rings. The topological polar surface area (TPSA) is 76.1 Å². The molecule has 1 atom stereocenters. The van der Waals surface area contributed by atoms with Crippen LogP contribution in [0.4, 0.5) is 4.79 Å². The number of carbonyl (C=O) groups excluding carboxylic acids is 1. The van der Waals surface area contributed by atoms with Gasteiger partial charge in [0.2, 0.25) is 0 Å². The molecule has 1 aliphatic heterocycles. The van der Waals surface area contributed by atoms with E-state index in [-0.39, 0.29) is 18.7 Å². The summed E-state index contributed by atoms with van der Waals surface area (Å²) in [6, 6.07) is 7.17. The Bertz CT molecular complexity index is 561. The van der Waals surface area contributed by atoms with Gasteiger partial charge in [-0.25, -0.2) is 9.59 Å². The molecule has 0 radical (unpaired) electrons. The molecule has 0 aliphatic carbocycles. The van der Waals surface area contributed by atoms with Crippen molar-refractivity contribution >= 4 is 12.1 Å². The second-order valence-corrected chi connectivity index (χ2v) is 6.58. The van der Waals surface area contributed by atoms with Gasteiger partial charge >= 0.3 is 12.1 Å². The number of carboxylic acid groups (broad SMARTS) is 1. The van der Waals surface area contributed by atoms with Crippen LogP contribution in [0.15, 0.2) is 24.3 Å². The second-order valence-electron chi connectivity index (χ2n) is 6.58. The standard InChI is InChI=1S/C17H23NO5/c1-17(2,3)23-16(21)18-10-4-5-14(18)12-6-8-13(9-7-12)22-11-15(19)20/h6-9,14H,4-5,10-11H2,1-3H3,(H,19,20). The highest BCUT2D eigenvalue weighted by molar-refractivity contribution is 5.69. The fourth-order valence-corrected chi connectivity index (χ4v) is 2.58. The van der Waals surface area contributed by atoms with Crippen LogP contribution in [0.3, 0.4) is 0 Å². The van der Waals surface area contributed by atoms with Crippen molar-refractivity contribution in [2.24, 2.45) is 0 Å². The first-order valence-corrected chi connectivity index (χ1v) is 7.70. The summed E-state index contributed by atoms with van der Waals surface area (Å²) in [4.78, 5) is 24.5. The predicted octanol–water partition coefficient (Wildman–Crippen LogP) is 3.22. The van der Waals surface area contributed by atoms with Crippen molar-refractivity contribution < 1.29 is 24.2 Å². The van der Waals surface area contributed by atoms with E-state index in [2.05, 4.69) is 0 Å². The Morgan fingerprint density at radius 3 is 2.48 bits per heavy atom. The highest BCUT2D eigenvalue weighted by atomic mass is 16.6. The van der Waals surface area contributed by atoms with Crippen molar-refractivity contribution in [3.05, 3.63) is 29.8 Å². The van der Waals surface area contributed by atoms with E-state index in [1.54, 1.807) is 17.0 Å². The van der Waals surface area contributed by atoms with Crippen LogP contribution in [0.5, 0.6) is 5.75 Å². The molecule has 1 aromatic carbocycles. The van der Waals surface area contributed by atoms with E-state index in [1.165, 1.54) is 0 Å². The molecule has 0 saturated carbocycles. The number of carboxylic acids is 1. The Kier molecular flexibility index (Phi) is 5.13. The number of nitrogens with zero attached hydrogens (tertiary/aromatic N) is 1. The number of likely N-dealkylation sites (tertiary alicyclic amines) is 1. The van der Waals surface area contributed by atoms with Crippen LogP contribution >= 0.6 is 0 Å². The fourth-order valence-electron chi connectivity index (χ4n) is 2.58. The lowest BCUT2D eigenvalue weighted by Crippen LogP contribution is -2.36. The van der Waals surface area contributed by atoms with Crippen molar-refractivity contribution in [2.45, 2.75) is 45.3 Å². The minimum absolute atomic E-state index is 0.0154. The van der Waals surface area contributed by atoms with Gasteiger partial charge in [-0.15, -0.1) is 0 Å². The Morgan fingerprint density at radius 2 is 1.91 bits per heavy atom. The first-order chi connectivity index (χ1) is 10.8. The Balaban J connectivity index is 2.04. The summed E-state index contributed by atoms with van der Waals surface area (Å²) in [6.07, 6.45) is 1.52. The SMILES string of the molecule is CC(C)(C)OC(=O)N1CCCC1c1ccc(OCC(=O)O)cc1. The minimum atomic E-state index is -1.01. The molecule has 0 bridgehead atoms. The van der Waals surface area contributed by atoms with Crippen LogP contribution in [-0.4, -0.2) is 40.8 Å². The molecule has 6 heteroatoms. The predicted molar refractivity (Wildman–Crippen MR) is 84.5 cm³/mol. The number of rotatable bonds is 4. The third-order valence-electron chi connectivity index (χ3n) is 3.51. The maximum Gasteiger partial charge on any atom is 0.410 e. The first kappa shape index (κ1) is 17.1. The molecule has 0 aromatic heterocycles. The molecule has 1 N–H and O–H groups in total. The summed E-state index contributed by atoms with van der Waals surface area (Å²) in [5.41, 5.74) is 0.481. The van der Waals surface area contributed by atoms with E-state index < -0.39 is 11.6 Å². The van der Waals surface area contributed by atoms with Crippen LogP contribution in [0, 0.1) is 0 Å². The van der Waals surface area contributed by atoms with Gasteiger partial charge in [-0.05, 0) is 51.3 Å². The molecular weight excluding hydrogens is 298 g/mol. The van der Waals surface area contributed by atoms with Gasteiger partial charge in [0.05, 0.1) is 6.04 Å². The number of ether oxygens (including phenoxy) is 2. The summed E-state index contributed by atoms with van der Waals surface area (Å²) in [5.74, 6) is -0.515. The van der Waals surface area contributed by atoms with Crippen molar-refractivity contribution in [3.63, 3.8) is 0 Å². The molecule has 1 fully saturated rings. The van der Waals surface area contributed by atoms with Gasteiger partial charge in [-0.1, -0.05) is 12.1 Å². The molecule has 2 rings (SSSR count). The summed E-state index contributed by atoms with van der Waals surface area (Å²) < 4.78 is 10.6. The Labute approximate surface area is 136 Å². The fraction of sp³-hybridized carbons (Fsp3) is 0.529. The van der Waals surface area contributed by atoms with Crippen LogP contribution in [0.1, 0.15) is 45.2 Å². The maximum absolute atomic E-state index is 12.3. The number of hydrogen-bond acceptors (Lipinski definition) is 4. The monoisotopic (exact) mass is 321 g/mol. The highest BCUT2D eigenvalue weighted by Crippen LogP contribution is 2.33. The number of carbonyl (C=O) groups is 2. The van der Waals surface area contributed by atoms with Gasteiger partial charge in [0.15, 0.2) is 6.61 Å². The second kappa shape index (κ2) is 6.89. The van der Waals surface area contributed by atoms with E-state index in [9.17, 15) is 9.59 Å². The van der Waals surface area contributed by atoms with Gasteiger partial charge in [0, 0.05) is 6.54 Å². The zero-order valence-electron chi connectivity index (χ0n) is 13.7. The van der Waals surface area contributed by atoms with Gasteiger partial charge in [-0.2, -0.15) is 0 Å². The van der Waals surface area contributed by atoms with E-state index in [4.69, 9.17) is 14.6 Å². The average molecular weight is 321 g/mol. The Hall–Kier alpha value is -2.24. The third kappa shape index (κ3) is 4.87. The largest absolute Gasteiger partial charge is 0.482 e. The summed E-state index contributed by atoms with van der Waals surface area (Å²) in [5, 5.41) is 8.61. The molecule has 6 nitrogen and oxygen atoms in total. The van der Waals surface area contributed by atoms with Crippen molar-refractivity contribution in [2.75, 3.05) is 13.2 Å². The first-order valence-electron chi connectivity index (χ1n) is 7.70. The highest BCUT2D eigenvalue weighted by Gasteiger charge is 2.33. The molecule has 1 amide bonds. The van der Waals surface area contributed by atoms with E-state index in [0.717, 1.165) is 18.4 Å². The normalized spacial score (nSPS) is 17.9. The van der Waals surface area contributed by atoms with Gasteiger partial charge in [0.1, 0.15) is 11.4 Å². The molecule has 1 saturated heterocycles. The third-order valence-corrected chi connectivity index (χ3v) is 3.51. The summed E-state index contributed by atoms with van der Waals surface area (Å²) in [6.45, 7) is 5.86. The summed E-state index contributed by atoms with van der Waals surface area (Å²) in [7, 11) is 0. The van der Waals surface area contributed by atoms with Gasteiger partial charge in [0.25, 0.3) is 0 Å². The summed E-state index contributed by atoms with van der Waals surface area (Å²) >= 11 is 0. The lowest BCUT2D eigenvalue weighted by atomic mass is 10.0. The van der Waals surface area contributed by atoms with Crippen LogP contribution in [-0.2, 0) is 9.53 Å². The maximum atomic E-state index is 12.3. The molecule has 1 unspecified atom stereocenters. The number of aliphatic carboxylic acids is 1. The molecule has 126 valence electrons. The zero-order valence-corrected chi connectivity index (χ0v) is 13.7. The average Bonchev–Trinajstić information content (AvgIpc) is 2.93. The molecular formula is C17H23NO5. The van der Waals surface area contributed by atoms with E-state index in [1.807, 2.05) is 32.9 Å². The number of hydrogen-bond donors (Lipinski definition) is 1. The van der Waals surface area contributed by atoms with Crippen molar-refractivity contribution in [1.82, 2.24) is 4.90 Å². The van der Waals surface area contributed by atoms with Gasteiger partial charge in [-0.3, -0.25) is 0 Å². The zero-order chi connectivity index (χ0) is 17.0. The quantitative estimate of drug-likeness (QED) is 0.921. The van der Waals surface area contributed by atoms with E-state index in [0.29, 0.717) is 12.3 Å². The molecule has 1 heterocycles. The lowest BCUT2D eigenvalue weighted by Gasteiger charge is -2.28. The minimum Gasteiger partial charge on any atom is -0.482 e. The van der Waals surface area contributed by atoms with Crippen LogP contribution in [0.2, 0.25) is 0 Å². The van der Waals surface area contributed by atoms with E-state index >= 15 is 0 Å².